The summed E-state index contributed by atoms with van der Waals surface area (Å²) in [5.74, 6) is 0.903. The highest BCUT2D eigenvalue weighted by molar-refractivity contribution is 5.85. The van der Waals surface area contributed by atoms with E-state index in [2.05, 4.69) is 29.9 Å². The Balaban J connectivity index is 1.73. The summed E-state index contributed by atoms with van der Waals surface area (Å²) in [5.41, 5.74) is 15.8. The van der Waals surface area contributed by atoms with Crippen LogP contribution in [0.4, 0.5) is 11.8 Å². The van der Waals surface area contributed by atoms with Crippen molar-refractivity contribution < 1.29 is 9.84 Å². The Morgan fingerprint density at radius 2 is 2.29 bits per heavy atom. The molecular formula is C13H17N9O2. The first kappa shape index (κ1) is 14.9. The SMILES string of the molecule is [N-]=[N+]=N[C@H]1C[C@H](n2cnc3c(N4CCC4)nc(N)nc32)O[C@@H]1CO. The Hall–Kier alpha value is -2.62. The molecule has 0 aliphatic carbocycles. The second-order valence-corrected chi connectivity index (χ2v) is 5.89. The van der Waals surface area contributed by atoms with Gasteiger partial charge in [0.1, 0.15) is 6.23 Å². The van der Waals surface area contributed by atoms with Crippen LogP contribution >= 0.6 is 0 Å². The molecule has 0 saturated carbocycles. The predicted octanol–water partition coefficient (Wildman–Crippen LogP) is 0.577. The van der Waals surface area contributed by atoms with Crippen LogP contribution in [0.2, 0.25) is 0 Å². The first-order valence-corrected chi connectivity index (χ1v) is 7.76. The topological polar surface area (TPSA) is 151 Å². The van der Waals surface area contributed by atoms with Crippen molar-refractivity contribution in [1.82, 2.24) is 19.5 Å². The van der Waals surface area contributed by atoms with E-state index in [4.69, 9.17) is 16.0 Å². The largest absolute Gasteiger partial charge is 0.394 e. The van der Waals surface area contributed by atoms with Crippen molar-refractivity contribution in [3.8, 4) is 0 Å². The van der Waals surface area contributed by atoms with Gasteiger partial charge in [0.2, 0.25) is 5.95 Å². The molecule has 0 unspecified atom stereocenters. The zero-order valence-corrected chi connectivity index (χ0v) is 12.9. The Morgan fingerprint density at radius 3 is 2.96 bits per heavy atom. The zero-order valence-electron chi connectivity index (χ0n) is 12.9. The lowest BCUT2D eigenvalue weighted by molar-refractivity contribution is -0.0232. The maximum absolute atomic E-state index is 9.41. The van der Waals surface area contributed by atoms with E-state index < -0.39 is 18.4 Å². The molecule has 2 fully saturated rings. The summed E-state index contributed by atoms with van der Waals surface area (Å²) in [4.78, 5) is 18.0. The molecule has 11 heteroatoms. The van der Waals surface area contributed by atoms with Crippen molar-refractivity contribution in [3.63, 3.8) is 0 Å². The van der Waals surface area contributed by atoms with Gasteiger partial charge >= 0.3 is 0 Å². The maximum Gasteiger partial charge on any atom is 0.224 e. The van der Waals surface area contributed by atoms with E-state index in [1.54, 1.807) is 10.9 Å². The minimum Gasteiger partial charge on any atom is -0.394 e. The molecule has 126 valence electrons. The van der Waals surface area contributed by atoms with Gasteiger partial charge in [-0.3, -0.25) is 4.57 Å². The number of aliphatic hydroxyl groups excluding tert-OH is 1. The second-order valence-electron chi connectivity index (χ2n) is 5.89. The molecule has 11 nitrogen and oxygen atoms in total. The van der Waals surface area contributed by atoms with E-state index >= 15 is 0 Å². The Kier molecular flexibility index (Phi) is 3.60. The van der Waals surface area contributed by atoms with Gasteiger partial charge in [-0.15, -0.1) is 0 Å². The van der Waals surface area contributed by atoms with Crippen molar-refractivity contribution in [3.05, 3.63) is 16.8 Å². The summed E-state index contributed by atoms with van der Waals surface area (Å²) in [6.45, 7) is 1.62. The molecule has 0 aromatic carbocycles. The van der Waals surface area contributed by atoms with Gasteiger partial charge in [-0.05, 0) is 12.0 Å². The van der Waals surface area contributed by atoms with Crippen LogP contribution in [0.15, 0.2) is 11.4 Å². The highest BCUT2D eigenvalue weighted by Crippen LogP contribution is 2.34. The molecular weight excluding hydrogens is 314 g/mol. The Bertz CT molecular complexity index is 811. The van der Waals surface area contributed by atoms with Crippen LogP contribution in [0.3, 0.4) is 0 Å². The highest BCUT2D eigenvalue weighted by atomic mass is 16.5. The lowest BCUT2D eigenvalue weighted by Gasteiger charge is -2.32. The number of imidazole rings is 1. The molecule has 0 amide bonds. The molecule has 3 N–H and O–H groups in total. The predicted molar refractivity (Wildman–Crippen MR) is 85.1 cm³/mol. The number of hydrogen-bond acceptors (Lipinski definition) is 8. The second kappa shape index (κ2) is 5.78. The van der Waals surface area contributed by atoms with Crippen LogP contribution in [0, 0.1) is 0 Å². The number of rotatable bonds is 4. The van der Waals surface area contributed by atoms with E-state index in [9.17, 15) is 5.11 Å². The van der Waals surface area contributed by atoms with Gasteiger partial charge in [0.25, 0.3) is 0 Å². The molecule has 2 aromatic rings. The molecule has 2 aliphatic rings. The minimum atomic E-state index is -0.544. The molecule has 0 radical (unpaired) electrons. The maximum atomic E-state index is 9.41. The Morgan fingerprint density at radius 1 is 1.46 bits per heavy atom. The average Bonchev–Trinajstić information content (AvgIpc) is 3.09. The summed E-state index contributed by atoms with van der Waals surface area (Å²) < 4.78 is 7.56. The molecule has 24 heavy (non-hydrogen) atoms. The lowest BCUT2D eigenvalue weighted by atomic mass is 10.1. The third-order valence-electron chi connectivity index (χ3n) is 4.47. The van der Waals surface area contributed by atoms with Crippen molar-refractivity contribution >= 4 is 22.9 Å². The minimum absolute atomic E-state index is 0.175. The summed E-state index contributed by atoms with van der Waals surface area (Å²) in [5, 5.41) is 13.1. The van der Waals surface area contributed by atoms with Crippen molar-refractivity contribution in [2.24, 2.45) is 5.11 Å². The molecule has 4 rings (SSSR count). The van der Waals surface area contributed by atoms with Crippen LogP contribution in [0.5, 0.6) is 0 Å². The van der Waals surface area contributed by atoms with Crippen LogP contribution in [-0.2, 0) is 4.74 Å². The number of nitrogen functional groups attached to an aromatic ring is 1. The quantitative estimate of drug-likeness (QED) is 0.472. The standard InChI is InChI=1S/C13H17N9O2/c14-13-17-11(21-2-1-3-21)10-12(18-13)22(6-16-10)9-4-7(19-20-15)8(5-23)24-9/h6-9,23H,1-5H2,(H2,14,17,18)/t7-,8+,9+/m0/s1. The number of aliphatic hydroxyl groups is 1. The average molecular weight is 331 g/mol. The highest BCUT2D eigenvalue weighted by Gasteiger charge is 2.36. The lowest BCUT2D eigenvalue weighted by Crippen LogP contribution is -2.38. The fraction of sp³-hybridized carbons (Fsp3) is 0.615. The molecule has 2 aromatic heterocycles. The van der Waals surface area contributed by atoms with E-state index in [-0.39, 0.29) is 12.6 Å². The van der Waals surface area contributed by atoms with Gasteiger partial charge in [-0.25, -0.2) is 4.98 Å². The van der Waals surface area contributed by atoms with Gasteiger partial charge < -0.3 is 20.5 Å². The first-order valence-electron chi connectivity index (χ1n) is 7.76. The third kappa shape index (κ3) is 2.30. The summed E-state index contributed by atoms with van der Waals surface area (Å²) in [7, 11) is 0. The van der Waals surface area contributed by atoms with E-state index in [1.165, 1.54) is 0 Å². The number of fused-ring (bicyclic) bond motifs is 1. The monoisotopic (exact) mass is 331 g/mol. The zero-order chi connectivity index (χ0) is 16.7. The Labute approximate surface area is 136 Å². The third-order valence-corrected chi connectivity index (χ3v) is 4.47. The number of hydrogen-bond donors (Lipinski definition) is 2. The molecule has 4 heterocycles. The molecule has 0 bridgehead atoms. The van der Waals surface area contributed by atoms with Crippen molar-refractivity contribution in [2.75, 3.05) is 30.3 Å². The number of ether oxygens (including phenoxy) is 1. The van der Waals surface area contributed by atoms with Crippen LogP contribution in [-0.4, -0.2) is 56.5 Å². The normalized spacial score (nSPS) is 26.4. The van der Waals surface area contributed by atoms with Gasteiger partial charge in [0.05, 0.1) is 25.1 Å². The summed E-state index contributed by atoms with van der Waals surface area (Å²) in [6.07, 6.45) is 2.20. The van der Waals surface area contributed by atoms with Crippen molar-refractivity contribution in [2.45, 2.75) is 31.2 Å². The van der Waals surface area contributed by atoms with E-state index in [0.717, 1.165) is 25.3 Å². The number of anilines is 2. The summed E-state index contributed by atoms with van der Waals surface area (Å²) >= 11 is 0. The van der Waals surface area contributed by atoms with Crippen molar-refractivity contribution in [1.29, 1.82) is 0 Å². The summed E-state index contributed by atoms with van der Waals surface area (Å²) in [6, 6.07) is -0.434. The molecule has 0 spiro atoms. The van der Waals surface area contributed by atoms with Gasteiger partial charge in [0, 0.05) is 24.4 Å². The number of aromatic nitrogens is 4. The van der Waals surface area contributed by atoms with Gasteiger partial charge in [-0.2, -0.15) is 9.97 Å². The van der Waals surface area contributed by atoms with Crippen LogP contribution < -0.4 is 10.6 Å². The van der Waals surface area contributed by atoms with Gasteiger partial charge in [0.15, 0.2) is 17.0 Å². The van der Waals surface area contributed by atoms with Crippen LogP contribution in [0.25, 0.3) is 21.6 Å². The van der Waals surface area contributed by atoms with E-state index in [0.29, 0.717) is 17.6 Å². The van der Waals surface area contributed by atoms with E-state index in [1.807, 2.05) is 0 Å². The number of nitrogens with two attached hydrogens (primary N) is 1. The fourth-order valence-electron chi connectivity index (χ4n) is 3.12. The first-order chi connectivity index (χ1) is 11.7. The fourth-order valence-corrected chi connectivity index (χ4v) is 3.12. The molecule has 2 saturated heterocycles. The van der Waals surface area contributed by atoms with Gasteiger partial charge in [-0.1, -0.05) is 5.11 Å². The molecule has 2 aliphatic heterocycles. The number of nitrogens with zero attached hydrogens (tertiary/aromatic N) is 8. The molecule has 3 atom stereocenters. The van der Waals surface area contributed by atoms with Crippen LogP contribution in [0.1, 0.15) is 19.1 Å². The number of azide groups is 1. The smallest absolute Gasteiger partial charge is 0.224 e.